The fourth-order valence-corrected chi connectivity index (χ4v) is 9.11. The van der Waals surface area contributed by atoms with E-state index in [1.165, 1.54) is 4.90 Å². The number of phenolic OH excluding ortho intramolecular Hbond substituents is 1. The standard InChI is InChI=1S/C43H50N10O6S/c1-24(2)38(43(57)52-22-30(54)18-34(52)42(56)46-25(3)27-10-12-28(13-11-27)40-26(4)45-23-60-40)36-20-37(50-59-36)58-17-16-51-15-14-29(21-51)53-33-19-32(31-8-6-7-9-35(31)55)47-48-39(33)41(44-5)49-53/h6-13,19-20,23-25,29-30,34,38,54-55H,14-18,21-22H2,1-5H3,(H,44,49)(H,46,56)/t25?,29?,30-,34+,38?/m1/s1. The molecule has 2 aliphatic rings. The number of benzene rings is 2. The molecule has 3 unspecified atom stereocenters. The van der Waals surface area contributed by atoms with Crippen LogP contribution in [-0.4, -0.2) is 114 Å². The molecule has 2 fully saturated rings. The maximum Gasteiger partial charge on any atom is 0.254 e. The Kier molecular flexibility index (Phi) is 11.8. The predicted octanol–water partition coefficient (Wildman–Crippen LogP) is 5.57. The number of hydrogen-bond acceptors (Lipinski definition) is 14. The van der Waals surface area contributed by atoms with E-state index in [9.17, 15) is 19.8 Å². The third-order valence-electron chi connectivity index (χ3n) is 11.5. The summed E-state index contributed by atoms with van der Waals surface area (Å²) in [4.78, 5) is 37.1. The number of aromatic hydroxyl groups is 1. The van der Waals surface area contributed by atoms with Gasteiger partial charge in [-0.2, -0.15) is 5.10 Å². The second-order valence-corrected chi connectivity index (χ2v) is 16.8. The Hall–Kier alpha value is -5.91. The highest BCUT2D eigenvalue weighted by Gasteiger charge is 2.43. The van der Waals surface area contributed by atoms with Crippen molar-refractivity contribution in [1.29, 1.82) is 0 Å². The number of aryl methyl sites for hydroxylation is 1. The van der Waals surface area contributed by atoms with Gasteiger partial charge in [-0.25, -0.2) is 4.98 Å². The number of phenols is 1. The lowest BCUT2D eigenvalue weighted by Gasteiger charge is -2.29. The highest BCUT2D eigenvalue weighted by atomic mass is 32.1. The van der Waals surface area contributed by atoms with Gasteiger partial charge in [-0.05, 0) is 60.7 Å². The highest BCUT2D eigenvalue weighted by molar-refractivity contribution is 7.13. The lowest BCUT2D eigenvalue weighted by Crippen LogP contribution is -2.48. The van der Waals surface area contributed by atoms with Gasteiger partial charge in [0.1, 0.15) is 24.3 Å². The number of carbonyl (C=O) groups excluding carboxylic acids is 2. The van der Waals surface area contributed by atoms with Crippen LogP contribution in [0, 0.1) is 12.8 Å². The molecule has 4 N–H and O–H groups in total. The van der Waals surface area contributed by atoms with Crippen LogP contribution >= 0.6 is 11.3 Å². The Balaban J connectivity index is 0.875. The number of aromatic nitrogens is 6. The average Bonchev–Trinajstić information content (AvgIpc) is 4.09. The second-order valence-electron chi connectivity index (χ2n) is 15.9. The molecule has 0 bridgehead atoms. The average molecular weight is 835 g/mol. The first-order valence-electron chi connectivity index (χ1n) is 20.3. The van der Waals surface area contributed by atoms with E-state index in [-0.39, 0.29) is 54.4 Å². The molecule has 0 saturated carbocycles. The predicted molar refractivity (Wildman–Crippen MR) is 227 cm³/mol. The van der Waals surface area contributed by atoms with Gasteiger partial charge in [0, 0.05) is 51.3 Å². The molecule has 6 aromatic rings. The molecule has 8 rings (SSSR count). The summed E-state index contributed by atoms with van der Waals surface area (Å²) in [5.74, 6) is -0.178. The van der Waals surface area contributed by atoms with Crippen molar-refractivity contribution < 1.29 is 29.1 Å². The molecule has 0 aliphatic carbocycles. The zero-order valence-corrected chi connectivity index (χ0v) is 35.1. The molecule has 60 heavy (non-hydrogen) atoms. The fraction of sp³-hybridized carbons (Fsp3) is 0.419. The maximum absolute atomic E-state index is 14.2. The zero-order chi connectivity index (χ0) is 42.1. The normalized spacial score (nSPS) is 19.2. The number of rotatable bonds is 14. The number of ether oxygens (including phenoxy) is 1. The number of β-amino-alcohol motifs (C(OH)–C–C–N with tert-alkyl or cyclic N) is 1. The van der Waals surface area contributed by atoms with Gasteiger partial charge in [0.15, 0.2) is 17.1 Å². The van der Waals surface area contributed by atoms with E-state index in [0.717, 1.165) is 46.7 Å². The Morgan fingerprint density at radius 1 is 1.07 bits per heavy atom. The molecule has 2 aromatic carbocycles. The molecule has 6 heterocycles. The van der Waals surface area contributed by atoms with E-state index >= 15 is 0 Å². The molecule has 2 aliphatic heterocycles. The fourth-order valence-electron chi connectivity index (χ4n) is 8.30. The van der Waals surface area contributed by atoms with Gasteiger partial charge in [-0.1, -0.05) is 50.2 Å². The number of thiazole rings is 1. The quantitative estimate of drug-likeness (QED) is 0.107. The lowest BCUT2D eigenvalue weighted by molar-refractivity contribution is -0.141. The Bertz CT molecular complexity index is 2470. The minimum absolute atomic E-state index is 0.0432. The van der Waals surface area contributed by atoms with Crippen LogP contribution in [0.2, 0.25) is 0 Å². The van der Waals surface area contributed by atoms with Crippen molar-refractivity contribution in [3.05, 3.63) is 83.2 Å². The third kappa shape index (κ3) is 8.29. The van der Waals surface area contributed by atoms with Gasteiger partial charge in [-0.15, -0.1) is 21.5 Å². The molecule has 4 aromatic heterocycles. The largest absolute Gasteiger partial charge is 0.507 e. The van der Waals surface area contributed by atoms with Crippen molar-refractivity contribution in [3.63, 3.8) is 0 Å². The monoisotopic (exact) mass is 834 g/mol. The van der Waals surface area contributed by atoms with Crippen molar-refractivity contribution in [2.75, 3.05) is 45.2 Å². The van der Waals surface area contributed by atoms with E-state index in [0.29, 0.717) is 41.5 Å². The summed E-state index contributed by atoms with van der Waals surface area (Å²) < 4.78 is 13.7. The zero-order valence-electron chi connectivity index (χ0n) is 34.3. The minimum Gasteiger partial charge on any atom is -0.507 e. The van der Waals surface area contributed by atoms with Crippen molar-refractivity contribution in [1.82, 2.24) is 45.2 Å². The van der Waals surface area contributed by atoms with Crippen LogP contribution in [0.4, 0.5) is 5.82 Å². The molecule has 5 atom stereocenters. The Morgan fingerprint density at radius 2 is 1.87 bits per heavy atom. The van der Waals surface area contributed by atoms with E-state index < -0.39 is 18.1 Å². The van der Waals surface area contributed by atoms with Crippen LogP contribution in [0.25, 0.3) is 32.7 Å². The summed E-state index contributed by atoms with van der Waals surface area (Å²) >= 11 is 1.59. The molecule has 2 saturated heterocycles. The summed E-state index contributed by atoms with van der Waals surface area (Å²) in [6, 6.07) is 17.6. The number of aliphatic hydroxyl groups is 1. The van der Waals surface area contributed by atoms with Gasteiger partial charge < -0.3 is 35.0 Å². The third-order valence-corrected chi connectivity index (χ3v) is 12.5. The van der Waals surface area contributed by atoms with E-state index in [2.05, 4.69) is 35.9 Å². The van der Waals surface area contributed by atoms with Crippen LogP contribution in [0.1, 0.15) is 68.6 Å². The van der Waals surface area contributed by atoms with Crippen molar-refractivity contribution in [3.8, 4) is 33.3 Å². The molecule has 0 spiro atoms. The van der Waals surface area contributed by atoms with Gasteiger partial charge in [0.05, 0.1) is 45.5 Å². The molecule has 16 nitrogen and oxygen atoms in total. The Morgan fingerprint density at radius 3 is 2.60 bits per heavy atom. The Labute approximate surface area is 351 Å². The summed E-state index contributed by atoms with van der Waals surface area (Å²) in [6.45, 7) is 10.3. The summed E-state index contributed by atoms with van der Waals surface area (Å²) in [5.41, 5.74) is 7.45. The van der Waals surface area contributed by atoms with Crippen LogP contribution in [0.5, 0.6) is 11.6 Å². The molecule has 0 radical (unpaired) electrons. The van der Waals surface area contributed by atoms with Crippen LogP contribution < -0.4 is 15.4 Å². The maximum atomic E-state index is 14.2. The minimum atomic E-state index is -0.838. The summed E-state index contributed by atoms with van der Waals surface area (Å²) in [5, 5.41) is 45.1. The van der Waals surface area contributed by atoms with Crippen molar-refractivity contribution in [2.24, 2.45) is 5.92 Å². The number of para-hydroxylation sites is 1. The summed E-state index contributed by atoms with van der Waals surface area (Å²) in [6.07, 6.45) is 0.173. The van der Waals surface area contributed by atoms with Crippen LogP contribution in [0.15, 0.2) is 70.7 Å². The molecule has 2 amide bonds. The number of hydrogen-bond donors (Lipinski definition) is 4. The number of amides is 2. The highest BCUT2D eigenvalue weighted by Crippen LogP contribution is 2.35. The van der Waals surface area contributed by atoms with Gasteiger partial charge >= 0.3 is 0 Å². The number of likely N-dealkylation sites (tertiary alicyclic amines) is 2. The van der Waals surface area contributed by atoms with Crippen molar-refractivity contribution in [2.45, 2.75) is 70.7 Å². The molecule has 17 heteroatoms. The topological polar surface area (TPSA) is 197 Å². The van der Waals surface area contributed by atoms with Crippen molar-refractivity contribution >= 4 is 40.0 Å². The SMILES string of the molecule is CNc1nn(C2CCN(CCOc3cc(C(C(=O)N4C[C@H](O)C[C@H]4C(=O)NC(C)c4ccc(-c5scnc5C)cc4)C(C)C)on3)C2)c2cc(-c3ccccc3O)nnc12. The number of anilines is 1. The first kappa shape index (κ1) is 40.9. The lowest BCUT2D eigenvalue weighted by atomic mass is 9.91. The first-order valence-corrected chi connectivity index (χ1v) is 21.2. The number of nitrogens with zero attached hydrogens (tertiary/aromatic N) is 8. The number of nitrogens with one attached hydrogen (secondary N) is 2. The van der Waals surface area contributed by atoms with Gasteiger partial charge in [0.25, 0.3) is 5.88 Å². The van der Waals surface area contributed by atoms with Crippen LogP contribution in [0.3, 0.4) is 0 Å². The van der Waals surface area contributed by atoms with E-state index in [4.69, 9.17) is 14.4 Å². The molecular weight excluding hydrogens is 785 g/mol. The smallest absolute Gasteiger partial charge is 0.254 e. The molecular formula is C43H50N10O6S. The second kappa shape index (κ2) is 17.4. The van der Waals surface area contributed by atoms with E-state index in [1.807, 2.05) is 80.4 Å². The van der Waals surface area contributed by atoms with Gasteiger partial charge in [-0.3, -0.25) is 19.2 Å². The first-order chi connectivity index (χ1) is 29.0. The van der Waals surface area contributed by atoms with Crippen LogP contribution in [-0.2, 0) is 9.59 Å². The number of carbonyl (C=O) groups is 2. The number of aliphatic hydroxyl groups excluding tert-OH is 1. The van der Waals surface area contributed by atoms with Gasteiger partial charge in [0.2, 0.25) is 11.8 Å². The number of fused-ring (bicyclic) bond motifs is 1. The molecule has 314 valence electrons. The summed E-state index contributed by atoms with van der Waals surface area (Å²) in [7, 11) is 1.80. The van der Waals surface area contributed by atoms with E-state index in [1.54, 1.807) is 36.6 Å².